The maximum atomic E-state index is 11.7. The Morgan fingerprint density at radius 1 is 0.857 bits per heavy atom. The average molecular weight is 423 g/mol. The molecule has 1 fully saturated rings. The minimum absolute atomic E-state index is 0.0155. The lowest BCUT2D eigenvalue weighted by Crippen LogP contribution is -2.12. The van der Waals surface area contributed by atoms with Crippen LogP contribution >= 0.6 is 22.7 Å². The Kier molecular flexibility index (Phi) is 7.43. The van der Waals surface area contributed by atoms with Crippen LogP contribution in [0, 0.1) is 0 Å². The van der Waals surface area contributed by atoms with Crippen LogP contribution in [-0.2, 0) is 9.59 Å². The van der Waals surface area contributed by atoms with Gasteiger partial charge in [-0.2, -0.15) is 0 Å². The van der Waals surface area contributed by atoms with E-state index in [2.05, 4.69) is 31.0 Å². The summed E-state index contributed by atoms with van der Waals surface area (Å²) >= 11 is 2.93. The van der Waals surface area contributed by atoms with Crippen molar-refractivity contribution in [3.63, 3.8) is 0 Å². The SMILES string of the molecule is CCCC(=O)Nc1nnc(C2CCCC(c3nnc(NC(=O)CCC)s3)C2)s1. The van der Waals surface area contributed by atoms with Gasteiger partial charge in [0.2, 0.25) is 22.1 Å². The van der Waals surface area contributed by atoms with E-state index in [0.717, 1.165) is 48.5 Å². The van der Waals surface area contributed by atoms with Gasteiger partial charge in [-0.3, -0.25) is 9.59 Å². The summed E-state index contributed by atoms with van der Waals surface area (Å²) in [6.07, 6.45) is 6.76. The normalized spacial score (nSPS) is 19.4. The van der Waals surface area contributed by atoms with Gasteiger partial charge >= 0.3 is 0 Å². The van der Waals surface area contributed by atoms with Crippen molar-refractivity contribution < 1.29 is 9.59 Å². The van der Waals surface area contributed by atoms with Crippen LogP contribution in [0.4, 0.5) is 10.3 Å². The second-order valence-corrected chi connectivity index (χ2v) is 9.07. The maximum absolute atomic E-state index is 11.7. The number of carbonyl (C=O) groups excluding carboxylic acids is 2. The number of hydrogen-bond acceptors (Lipinski definition) is 8. The van der Waals surface area contributed by atoms with Crippen molar-refractivity contribution in [3.8, 4) is 0 Å². The fourth-order valence-electron chi connectivity index (χ4n) is 3.36. The highest BCUT2D eigenvalue weighted by Gasteiger charge is 2.29. The van der Waals surface area contributed by atoms with Crippen molar-refractivity contribution in [2.24, 2.45) is 0 Å². The third-order valence-corrected chi connectivity index (χ3v) is 6.70. The van der Waals surface area contributed by atoms with Crippen LogP contribution in [-0.4, -0.2) is 32.2 Å². The zero-order valence-corrected chi connectivity index (χ0v) is 17.9. The van der Waals surface area contributed by atoms with E-state index in [0.29, 0.717) is 34.9 Å². The molecule has 2 aromatic rings. The van der Waals surface area contributed by atoms with E-state index in [1.807, 2.05) is 13.8 Å². The lowest BCUT2D eigenvalue weighted by molar-refractivity contribution is -0.117. The highest BCUT2D eigenvalue weighted by molar-refractivity contribution is 7.15. The summed E-state index contributed by atoms with van der Waals surface area (Å²) in [6, 6.07) is 0. The Bertz CT molecular complexity index is 741. The van der Waals surface area contributed by atoms with Gasteiger partial charge in [0.05, 0.1) is 0 Å². The van der Waals surface area contributed by atoms with Crippen LogP contribution in [0.3, 0.4) is 0 Å². The minimum Gasteiger partial charge on any atom is -0.301 e. The summed E-state index contributed by atoms with van der Waals surface area (Å²) in [6.45, 7) is 3.95. The molecular formula is C18H26N6O2S2. The molecular weight excluding hydrogens is 396 g/mol. The molecule has 2 amide bonds. The van der Waals surface area contributed by atoms with Gasteiger partial charge in [0, 0.05) is 24.7 Å². The van der Waals surface area contributed by atoms with Crippen molar-refractivity contribution in [1.29, 1.82) is 0 Å². The molecule has 0 radical (unpaired) electrons. The molecule has 28 heavy (non-hydrogen) atoms. The van der Waals surface area contributed by atoms with E-state index in [9.17, 15) is 9.59 Å². The van der Waals surface area contributed by atoms with E-state index in [-0.39, 0.29) is 11.8 Å². The molecule has 2 unspecified atom stereocenters. The van der Waals surface area contributed by atoms with Gasteiger partial charge in [0.15, 0.2) is 0 Å². The molecule has 2 atom stereocenters. The van der Waals surface area contributed by atoms with Crippen molar-refractivity contribution in [1.82, 2.24) is 20.4 Å². The third-order valence-electron chi connectivity index (χ3n) is 4.70. The average Bonchev–Trinajstić information content (AvgIpc) is 3.32. The summed E-state index contributed by atoms with van der Waals surface area (Å²) < 4.78 is 0. The summed E-state index contributed by atoms with van der Waals surface area (Å²) in [5, 5.41) is 25.6. The molecule has 0 saturated heterocycles. The first-order valence-corrected chi connectivity index (χ1v) is 11.5. The Morgan fingerprint density at radius 2 is 1.32 bits per heavy atom. The Hall–Kier alpha value is -1.94. The van der Waals surface area contributed by atoms with E-state index < -0.39 is 0 Å². The number of nitrogens with one attached hydrogen (secondary N) is 2. The van der Waals surface area contributed by atoms with Crippen molar-refractivity contribution in [3.05, 3.63) is 10.0 Å². The van der Waals surface area contributed by atoms with Gasteiger partial charge < -0.3 is 10.6 Å². The molecule has 2 heterocycles. The van der Waals surface area contributed by atoms with Crippen molar-refractivity contribution in [2.45, 2.75) is 77.0 Å². The molecule has 1 saturated carbocycles. The molecule has 8 nitrogen and oxygen atoms in total. The standard InChI is InChI=1S/C18H26N6O2S2/c1-3-6-13(25)19-17-23-21-15(27-17)11-8-5-9-12(10-11)16-22-24-18(28-16)20-14(26)7-4-2/h11-12H,3-10H2,1-2H3,(H,19,23,25)(H,20,24,26). The highest BCUT2D eigenvalue weighted by Crippen LogP contribution is 2.43. The monoisotopic (exact) mass is 422 g/mol. The minimum atomic E-state index is -0.0155. The summed E-state index contributed by atoms with van der Waals surface area (Å²) in [5.41, 5.74) is 0. The maximum Gasteiger partial charge on any atom is 0.226 e. The van der Waals surface area contributed by atoms with Gasteiger partial charge in [0.25, 0.3) is 0 Å². The molecule has 0 aliphatic heterocycles. The molecule has 1 aliphatic carbocycles. The van der Waals surface area contributed by atoms with Gasteiger partial charge in [0.1, 0.15) is 10.0 Å². The fraction of sp³-hybridized carbons (Fsp3) is 0.667. The Labute approximate surface area is 172 Å². The van der Waals surface area contributed by atoms with Gasteiger partial charge in [-0.25, -0.2) is 0 Å². The molecule has 1 aliphatic rings. The molecule has 10 heteroatoms. The summed E-state index contributed by atoms with van der Waals surface area (Å²) in [4.78, 5) is 23.5. The predicted molar refractivity (Wildman–Crippen MR) is 111 cm³/mol. The number of aromatic nitrogens is 4. The topological polar surface area (TPSA) is 110 Å². The highest BCUT2D eigenvalue weighted by atomic mass is 32.1. The van der Waals surface area contributed by atoms with Crippen LogP contribution in [0.25, 0.3) is 0 Å². The molecule has 152 valence electrons. The van der Waals surface area contributed by atoms with Crippen LogP contribution in [0.5, 0.6) is 0 Å². The molecule has 0 aromatic carbocycles. The van der Waals surface area contributed by atoms with E-state index >= 15 is 0 Å². The van der Waals surface area contributed by atoms with Crippen LogP contribution < -0.4 is 10.6 Å². The van der Waals surface area contributed by atoms with Crippen LogP contribution in [0.15, 0.2) is 0 Å². The van der Waals surface area contributed by atoms with Gasteiger partial charge in [-0.05, 0) is 32.1 Å². The zero-order valence-electron chi connectivity index (χ0n) is 16.2. The van der Waals surface area contributed by atoms with Gasteiger partial charge in [-0.15, -0.1) is 20.4 Å². The summed E-state index contributed by atoms with van der Waals surface area (Å²) in [7, 11) is 0. The number of nitrogens with zero attached hydrogens (tertiary/aromatic N) is 4. The molecule has 3 rings (SSSR count). The van der Waals surface area contributed by atoms with Gasteiger partial charge in [-0.1, -0.05) is 42.9 Å². The Morgan fingerprint density at radius 3 is 1.75 bits per heavy atom. The first-order chi connectivity index (χ1) is 13.6. The predicted octanol–water partition coefficient (Wildman–Crippen LogP) is 4.31. The Balaban J connectivity index is 1.60. The number of anilines is 2. The lowest BCUT2D eigenvalue weighted by Gasteiger charge is -2.25. The van der Waals surface area contributed by atoms with Crippen molar-refractivity contribution >= 4 is 44.8 Å². The quantitative estimate of drug-likeness (QED) is 0.656. The zero-order chi connectivity index (χ0) is 19.9. The molecule has 0 bridgehead atoms. The molecule has 0 spiro atoms. The number of hydrogen-bond donors (Lipinski definition) is 2. The molecule has 2 aromatic heterocycles. The number of carbonyl (C=O) groups is 2. The third kappa shape index (κ3) is 5.54. The van der Waals surface area contributed by atoms with E-state index in [1.165, 1.54) is 22.7 Å². The fourth-order valence-corrected chi connectivity index (χ4v) is 5.17. The largest absolute Gasteiger partial charge is 0.301 e. The number of amides is 2. The lowest BCUT2D eigenvalue weighted by atomic mass is 9.82. The van der Waals surface area contributed by atoms with Crippen LogP contribution in [0.1, 0.15) is 87.1 Å². The first-order valence-electron chi connectivity index (χ1n) is 9.85. The van der Waals surface area contributed by atoms with Crippen molar-refractivity contribution in [2.75, 3.05) is 10.6 Å². The number of rotatable bonds is 8. The van der Waals surface area contributed by atoms with E-state index in [4.69, 9.17) is 0 Å². The summed E-state index contributed by atoms with van der Waals surface area (Å²) in [5.74, 6) is 0.599. The molecule has 2 N–H and O–H groups in total. The van der Waals surface area contributed by atoms with E-state index in [1.54, 1.807) is 0 Å². The smallest absolute Gasteiger partial charge is 0.226 e. The second-order valence-electron chi connectivity index (χ2n) is 7.05. The first kappa shape index (κ1) is 20.8. The van der Waals surface area contributed by atoms with Crippen LogP contribution in [0.2, 0.25) is 0 Å². The second kappa shape index (κ2) is 10.0.